The van der Waals surface area contributed by atoms with Crippen molar-refractivity contribution in [3.05, 3.63) is 16.7 Å². The van der Waals surface area contributed by atoms with Gasteiger partial charge in [-0.05, 0) is 12.3 Å². The lowest BCUT2D eigenvalue weighted by atomic mass is 10.1. The Morgan fingerprint density at radius 2 is 2.12 bits per heavy atom. The van der Waals surface area contributed by atoms with Gasteiger partial charge in [-0.15, -0.1) is 0 Å². The zero-order valence-electron chi connectivity index (χ0n) is 18.0. The lowest BCUT2D eigenvalue weighted by Gasteiger charge is -2.21. The number of alkyl halides is 1. The molecule has 2 aromatic heterocycles. The van der Waals surface area contributed by atoms with E-state index < -0.39 is 48.1 Å². The molecule has 2 aromatic rings. The molecule has 3 rings (SSSR count). The predicted octanol–water partition coefficient (Wildman–Crippen LogP) is 0.176. The second-order valence-electron chi connectivity index (χ2n) is 7.89. The first kappa shape index (κ1) is 23.6. The monoisotopic (exact) mass is 454 g/mol. The molecular weight excluding hydrogens is 427 g/mol. The van der Waals surface area contributed by atoms with Gasteiger partial charge in [0.15, 0.2) is 17.3 Å². The minimum absolute atomic E-state index is 0.0419. The van der Waals surface area contributed by atoms with Gasteiger partial charge < -0.3 is 25.7 Å². The van der Waals surface area contributed by atoms with E-state index in [0.717, 1.165) is 0 Å². The predicted molar refractivity (Wildman–Crippen MR) is 110 cm³/mol. The molecule has 0 amide bonds. The number of esters is 2. The minimum Gasteiger partial charge on any atom is -0.460 e. The zero-order chi connectivity index (χ0) is 23.6. The number of aromatic amines is 1. The van der Waals surface area contributed by atoms with Gasteiger partial charge in [-0.25, -0.2) is 14.2 Å². The van der Waals surface area contributed by atoms with Crippen LogP contribution >= 0.6 is 0 Å². The summed E-state index contributed by atoms with van der Waals surface area (Å²) in [5.74, 6) is -1.79. The first-order valence-electron chi connectivity index (χ1n) is 10.3. The van der Waals surface area contributed by atoms with E-state index in [0.29, 0.717) is 0 Å². The van der Waals surface area contributed by atoms with Crippen LogP contribution in [0.3, 0.4) is 0 Å². The van der Waals surface area contributed by atoms with E-state index in [9.17, 15) is 18.8 Å². The van der Waals surface area contributed by atoms with Crippen LogP contribution < -0.4 is 17.0 Å². The van der Waals surface area contributed by atoms with E-state index in [1.807, 2.05) is 0 Å². The van der Waals surface area contributed by atoms with E-state index in [-0.39, 0.29) is 42.5 Å². The highest BCUT2D eigenvalue weighted by Crippen LogP contribution is 2.32. The Morgan fingerprint density at radius 3 is 2.78 bits per heavy atom. The number of carbonyl (C=O) groups excluding carboxylic acids is 2. The van der Waals surface area contributed by atoms with Crippen LogP contribution in [0, 0.1) is 5.92 Å². The SMILES string of the molecule is CCC(OC(=O)[C@@H](N)C(C)C)C(=O)OC[C@H]1O[C@@H](n2cnc3c(=O)[nH]c(N)nc32)CC1F. The molecule has 0 aliphatic carbocycles. The van der Waals surface area contributed by atoms with Gasteiger partial charge in [0.1, 0.15) is 31.2 Å². The number of ether oxygens (including phenoxy) is 3. The Hall–Kier alpha value is -3.06. The number of fused-ring (bicyclic) bond motifs is 1. The highest BCUT2D eigenvalue weighted by Gasteiger charge is 2.39. The third-order valence-electron chi connectivity index (χ3n) is 5.20. The maximum atomic E-state index is 14.6. The van der Waals surface area contributed by atoms with E-state index in [1.165, 1.54) is 10.9 Å². The summed E-state index contributed by atoms with van der Waals surface area (Å²) in [5, 5.41) is 0. The van der Waals surface area contributed by atoms with Crippen molar-refractivity contribution < 1.29 is 28.2 Å². The third kappa shape index (κ3) is 4.88. The molecule has 1 aliphatic rings. The first-order chi connectivity index (χ1) is 15.1. The Bertz CT molecular complexity index is 1040. The molecule has 0 radical (unpaired) electrons. The summed E-state index contributed by atoms with van der Waals surface area (Å²) >= 11 is 0. The van der Waals surface area contributed by atoms with Crippen molar-refractivity contribution in [2.24, 2.45) is 11.7 Å². The summed E-state index contributed by atoms with van der Waals surface area (Å²) in [6.45, 7) is 4.77. The summed E-state index contributed by atoms with van der Waals surface area (Å²) in [6.07, 6.45) is -3.09. The molecule has 13 heteroatoms. The molecule has 3 heterocycles. The molecule has 5 atom stereocenters. The Balaban J connectivity index is 1.61. The quantitative estimate of drug-likeness (QED) is 0.466. The number of nitrogens with one attached hydrogen (secondary N) is 1. The number of carbonyl (C=O) groups is 2. The molecule has 32 heavy (non-hydrogen) atoms. The van der Waals surface area contributed by atoms with Crippen LogP contribution in [0.15, 0.2) is 11.1 Å². The largest absolute Gasteiger partial charge is 0.460 e. The number of H-pyrrole nitrogens is 1. The van der Waals surface area contributed by atoms with Gasteiger partial charge in [0, 0.05) is 6.42 Å². The molecule has 12 nitrogen and oxygen atoms in total. The van der Waals surface area contributed by atoms with E-state index in [4.69, 9.17) is 25.7 Å². The number of nitrogens with two attached hydrogens (primary N) is 2. The molecule has 5 N–H and O–H groups in total. The van der Waals surface area contributed by atoms with Gasteiger partial charge in [0.05, 0.1) is 6.33 Å². The number of hydrogen-bond donors (Lipinski definition) is 3. The lowest BCUT2D eigenvalue weighted by Crippen LogP contribution is -2.41. The van der Waals surface area contributed by atoms with Crippen LogP contribution in [0.25, 0.3) is 11.2 Å². The normalized spacial score (nSPS) is 22.8. The number of rotatable bonds is 8. The van der Waals surface area contributed by atoms with E-state index >= 15 is 0 Å². The van der Waals surface area contributed by atoms with E-state index in [1.54, 1.807) is 20.8 Å². The van der Waals surface area contributed by atoms with E-state index in [2.05, 4.69) is 15.0 Å². The van der Waals surface area contributed by atoms with Crippen LogP contribution in [0.2, 0.25) is 0 Å². The highest BCUT2D eigenvalue weighted by molar-refractivity contribution is 5.81. The fourth-order valence-electron chi connectivity index (χ4n) is 3.21. The van der Waals surface area contributed by atoms with Gasteiger partial charge in [0.2, 0.25) is 5.95 Å². The second kappa shape index (κ2) is 9.61. The van der Waals surface area contributed by atoms with Gasteiger partial charge in [-0.2, -0.15) is 4.98 Å². The number of aromatic nitrogens is 4. The maximum Gasteiger partial charge on any atom is 0.347 e. The maximum absolute atomic E-state index is 14.6. The van der Waals surface area contributed by atoms with Crippen molar-refractivity contribution in [2.45, 2.75) is 64.3 Å². The molecule has 0 bridgehead atoms. The molecule has 1 aliphatic heterocycles. The standard InChI is InChI=1S/C19H27FN6O6/c1-4-10(32-18(29)13(21)8(2)3)17(28)30-6-11-9(20)5-12(31-11)26-7-23-14-15(26)24-19(22)25-16(14)27/h7-13H,4-6,21H2,1-3H3,(H3,22,24,25,27)/t9?,10?,11-,12-,13+/m1/s1. The van der Waals surface area contributed by atoms with Gasteiger partial charge >= 0.3 is 11.9 Å². The first-order valence-corrected chi connectivity index (χ1v) is 10.3. The Kier molecular flexibility index (Phi) is 7.09. The third-order valence-corrected chi connectivity index (χ3v) is 5.20. The summed E-state index contributed by atoms with van der Waals surface area (Å²) in [4.78, 5) is 46.6. The molecule has 1 saturated heterocycles. The fraction of sp³-hybridized carbons (Fsp3) is 0.632. The van der Waals surface area contributed by atoms with Crippen LogP contribution in [0.1, 0.15) is 39.8 Å². The van der Waals surface area contributed by atoms with Crippen LogP contribution in [-0.4, -0.2) is 62.5 Å². The average molecular weight is 454 g/mol. The smallest absolute Gasteiger partial charge is 0.347 e. The topological polar surface area (TPSA) is 177 Å². The van der Waals surface area contributed by atoms with Crippen molar-refractivity contribution in [1.29, 1.82) is 0 Å². The highest BCUT2D eigenvalue weighted by atomic mass is 19.1. The van der Waals surface area contributed by atoms with Crippen LogP contribution in [0.4, 0.5) is 10.3 Å². The van der Waals surface area contributed by atoms with Crippen molar-refractivity contribution in [3.8, 4) is 0 Å². The minimum atomic E-state index is -1.46. The zero-order valence-corrected chi connectivity index (χ0v) is 18.0. The average Bonchev–Trinajstić information content (AvgIpc) is 3.32. The molecule has 2 unspecified atom stereocenters. The molecule has 176 valence electrons. The van der Waals surface area contributed by atoms with Crippen molar-refractivity contribution in [2.75, 3.05) is 12.3 Å². The van der Waals surface area contributed by atoms with Crippen LogP contribution in [0.5, 0.6) is 0 Å². The Labute approximate surface area is 182 Å². The second-order valence-corrected chi connectivity index (χ2v) is 7.89. The van der Waals surface area contributed by atoms with Crippen LogP contribution in [-0.2, 0) is 23.8 Å². The lowest BCUT2D eigenvalue weighted by molar-refractivity contribution is -0.172. The summed E-state index contributed by atoms with van der Waals surface area (Å²) in [5.41, 5.74) is 11.0. The van der Waals surface area contributed by atoms with Crippen molar-refractivity contribution in [3.63, 3.8) is 0 Å². The number of hydrogen-bond acceptors (Lipinski definition) is 10. The van der Waals surface area contributed by atoms with Gasteiger partial charge in [-0.3, -0.25) is 19.1 Å². The van der Waals surface area contributed by atoms with Crippen molar-refractivity contribution >= 4 is 29.1 Å². The number of imidazole rings is 1. The number of anilines is 1. The summed E-state index contributed by atoms with van der Waals surface area (Å²) in [6, 6.07) is -0.870. The molecule has 0 saturated carbocycles. The number of nitrogen functional groups attached to an aromatic ring is 1. The Morgan fingerprint density at radius 1 is 1.41 bits per heavy atom. The summed E-state index contributed by atoms with van der Waals surface area (Å²) in [7, 11) is 0. The molecule has 0 aromatic carbocycles. The van der Waals surface area contributed by atoms with Gasteiger partial charge in [0.25, 0.3) is 5.56 Å². The number of halogens is 1. The fourth-order valence-corrected chi connectivity index (χ4v) is 3.21. The van der Waals surface area contributed by atoms with Gasteiger partial charge in [-0.1, -0.05) is 20.8 Å². The summed E-state index contributed by atoms with van der Waals surface area (Å²) < 4.78 is 31.9. The number of nitrogens with zero attached hydrogens (tertiary/aromatic N) is 3. The molecule has 1 fully saturated rings. The van der Waals surface area contributed by atoms with Crippen molar-refractivity contribution in [1.82, 2.24) is 19.5 Å². The molecule has 0 spiro atoms. The molecular formula is C19H27FN6O6.